The Morgan fingerprint density at radius 2 is 1.65 bits per heavy atom. The summed E-state index contributed by atoms with van der Waals surface area (Å²) in [4.78, 5) is 48.5. The highest BCUT2D eigenvalue weighted by molar-refractivity contribution is 5.96. The van der Waals surface area contributed by atoms with E-state index in [2.05, 4.69) is 27.3 Å². The molecule has 192 valence electrons. The van der Waals surface area contributed by atoms with Crippen LogP contribution in [0.25, 0.3) is 10.9 Å². The van der Waals surface area contributed by atoms with Gasteiger partial charge in [-0.2, -0.15) is 0 Å². The lowest BCUT2D eigenvalue weighted by molar-refractivity contribution is -0.137. The molecule has 1 unspecified atom stereocenters. The summed E-state index contributed by atoms with van der Waals surface area (Å²) in [6.07, 6.45) is 1.62. The quantitative estimate of drug-likeness (QED) is 0.592. The maximum Gasteiger partial charge on any atom is 0.253 e. The molecule has 2 fully saturated rings. The number of amides is 3. The van der Waals surface area contributed by atoms with Crippen LogP contribution in [0.4, 0.5) is 11.4 Å². The van der Waals surface area contributed by atoms with E-state index in [9.17, 15) is 14.4 Å². The van der Waals surface area contributed by atoms with Gasteiger partial charge in [-0.15, -0.1) is 0 Å². The van der Waals surface area contributed by atoms with Crippen molar-refractivity contribution in [3.63, 3.8) is 0 Å². The first kappa shape index (κ1) is 24.7. The number of pyridine rings is 1. The number of para-hydroxylation sites is 1. The zero-order valence-corrected chi connectivity index (χ0v) is 21.4. The summed E-state index contributed by atoms with van der Waals surface area (Å²) in [5, 5.41) is 3.85. The minimum absolute atomic E-state index is 0.0726. The standard InChI is InChI=1S/C29H33N5O3/c1-20-18-27(25-7-3-4-8-26(25)30-20)32-14-16-33(17-15-32)29(37)23-6-5-13-34(19-23)28(36)22-9-11-24(12-10-22)31-21(2)35/h3-4,7-12,18,23H,5-6,13-17,19H2,1-2H3,(H,31,35). The van der Waals surface area contributed by atoms with Gasteiger partial charge in [-0.3, -0.25) is 19.4 Å². The Morgan fingerprint density at radius 1 is 0.919 bits per heavy atom. The van der Waals surface area contributed by atoms with Crippen LogP contribution < -0.4 is 10.2 Å². The summed E-state index contributed by atoms with van der Waals surface area (Å²) in [7, 11) is 0. The number of rotatable bonds is 4. The van der Waals surface area contributed by atoms with E-state index in [0.29, 0.717) is 37.4 Å². The van der Waals surface area contributed by atoms with Crippen LogP contribution in [0.5, 0.6) is 0 Å². The predicted octanol–water partition coefficient (Wildman–Crippen LogP) is 3.70. The number of fused-ring (bicyclic) bond motifs is 1. The number of anilines is 2. The normalized spacial score (nSPS) is 18.1. The topological polar surface area (TPSA) is 85.8 Å². The molecule has 0 aliphatic carbocycles. The van der Waals surface area contributed by atoms with E-state index in [4.69, 9.17) is 0 Å². The Morgan fingerprint density at radius 3 is 2.38 bits per heavy atom. The molecule has 1 atom stereocenters. The largest absolute Gasteiger partial charge is 0.367 e. The van der Waals surface area contributed by atoms with Crippen molar-refractivity contribution in [2.45, 2.75) is 26.7 Å². The van der Waals surface area contributed by atoms with Gasteiger partial charge in [0.25, 0.3) is 5.91 Å². The average molecular weight is 500 g/mol. The molecule has 1 N–H and O–H groups in total. The highest BCUT2D eigenvalue weighted by Gasteiger charge is 2.33. The summed E-state index contributed by atoms with van der Waals surface area (Å²) < 4.78 is 0. The third kappa shape index (κ3) is 5.43. The van der Waals surface area contributed by atoms with E-state index in [1.165, 1.54) is 12.6 Å². The Bertz CT molecular complexity index is 1310. The molecule has 37 heavy (non-hydrogen) atoms. The molecule has 3 heterocycles. The van der Waals surface area contributed by atoms with E-state index in [1.54, 1.807) is 29.2 Å². The van der Waals surface area contributed by atoms with Crippen LogP contribution >= 0.6 is 0 Å². The number of aryl methyl sites for hydroxylation is 1. The van der Waals surface area contributed by atoms with Gasteiger partial charge in [-0.05, 0) is 56.2 Å². The minimum Gasteiger partial charge on any atom is -0.367 e. The van der Waals surface area contributed by atoms with Gasteiger partial charge in [-0.1, -0.05) is 18.2 Å². The minimum atomic E-state index is -0.174. The van der Waals surface area contributed by atoms with Gasteiger partial charge in [0, 0.05) is 74.2 Å². The lowest BCUT2D eigenvalue weighted by atomic mass is 9.95. The van der Waals surface area contributed by atoms with Crippen molar-refractivity contribution in [1.82, 2.24) is 14.8 Å². The van der Waals surface area contributed by atoms with E-state index in [-0.39, 0.29) is 23.6 Å². The molecular formula is C29H33N5O3. The Kier molecular flexibility index (Phi) is 7.08. The fourth-order valence-electron chi connectivity index (χ4n) is 5.42. The number of likely N-dealkylation sites (tertiary alicyclic amines) is 1. The van der Waals surface area contributed by atoms with Crippen molar-refractivity contribution in [1.29, 1.82) is 0 Å². The van der Waals surface area contributed by atoms with Crippen LogP contribution in [0.3, 0.4) is 0 Å². The van der Waals surface area contributed by atoms with Crippen molar-refractivity contribution in [3.05, 3.63) is 65.9 Å². The molecule has 0 spiro atoms. The number of nitrogens with one attached hydrogen (secondary N) is 1. The Labute approximate surface area is 217 Å². The molecule has 3 aromatic rings. The van der Waals surface area contributed by atoms with Crippen molar-refractivity contribution >= 4 is 40.0 Å². The number of hydrogen-bond acceptors (Lipinski definition) is 5. The maximum atomic E-state index is 13.4. The first-order valence-electron chi connectivity index (χ1n) is 13.0. The van der Waals surface area contributed by atoms with Gasteiger partial charge in [0.1, 0.15) is 0 Å². The fourth-order valence-corrected chi connectivity index (χ4v) is 5.42. The second-order valence-electron chi connectivity index (χ2n) is 9.96. The molecule has 2 aliphatic heterocycles. The molecule has 2 saturated heterocycles. The van der Waals surface area contributed by atoms with Crippen LogP contribution in [-0.4, -0.2) is 71.8 Å². The monoisotopic (exact) mass is 499 g/mol. The van der Waals surface area contributed by atoms with E-state index >= 15 is 0 Å². The van der Waals surface area contributed by atoms with Crippen molar-refractivity contribution in [2.24, 2.45) is 5.92 Å². The van der Waals surface area contributed by atoms with Gasteiger partial charge in [0.15, 0.2) is 0 Å². The lowest BCUT2D eigenvalue weighted by Crippen LogP contribution is -2.53. The van der Waals surface area contributed by atoms with Gasteiger partial charge in [-0.25, -0.2) is 0 Å². The summed E-state index contributed by atoms with van der Waals surface area (Å²) in [5.74, 6) is -0.251. The van der Waals surface area contributed by atoms with Crippen molar-refractivity contribution in [3.8, 4) is 0 Å². The van der Waals surface area contributed by atoms with Gasteiger partial charge < -0.3 is 20.0 Å². The Hall–Kier alpha value is -3.94. The van der Waals surface area contributed by atoms with Crippen molar-refractivity contribution in [2.75, 3.05) is 49.5 Å². The summed E-state index contributed by atoms with van der Waals surface area (Å²) in [6, 6.07) is 17.2. The highest BCUT2D eigenvalue weighted by Crippen LogP contribution is 2.28. The molecule has 3 amide bonds. The van der Waals surface area contributed by atoms with Crippen LogP contribution in [0.15, 0.2) is 54.6 Å². The molecule has 2 aliphatic rings. The predicted molar refractivity (Wildman–Crippen MR) is 145 cm³/mol. The molecule has 1 aromatic heterocycles. The average Bonchev–Trinajstić information content (AvgIpc) is 2.92. The zero-order chi connectivity index (χ0) is 25.9. The Balaban J connectivity index is 1.20. The number of piperazine rings is 1. The number of nitrogens with zero attached hydrogens (tertiary/aromatic N) is 4. The number of benzene rings is 2. The molecular weight excluding hydrogens is 466 g/mol. The number of hydrogen-bond donors (Lipinski definition) is 1. The first-order chi connectivity index (χ1) is 17.9. The van der Waals surface area contributed by atoms with Crippen molar-refractivity contribution < 1.29 is 14.4 Å². The third-order valence-electron chi connectivity index (χ3n) is 7.26. The molecule has 0 saturated carbocycles. The first-order valence-corrected chi connectivity index (χ1v) is 13.0. The summed E-state index contributed by atoms with van der Waals surface area (Å²) in [5.41, 5.74) is 4.38. The molecule has 0 bridgehead atoms. The highest BCUT2D eigenvalue weighted by atomic mass is 16.2. The van der Waals surface area contributed by atoms with E-state index in [1.807, 2.05) is 30.0 Å². The summed E-state index contributed by atoms with van der Waals surface area (Å²) in [6.45, 7) is 7.45. The third-order valence-corrected chi connectivity index (χ3v) is 7.26. The number of aromatic nitrogens is 1. The molecule has 2 aromatic carbocycles. The second-order valence-corrected chi connectivity index (χ2v) is 9.96. The lowest BCUT2D eigenvalue weighted by Gasteiger charge is -2.40. The zero-order valence-electron chi connectivity index (χ0n) is 21.4. The fraction of sp³-hybridized carbons (Fsp3) is 0.379. The smallest absolute Gasteiger partial charge is 0.253 e. The summed E-state index contributed by atoms with van der Waals surface area (Å²) >= 11 is 0. The van der Waals surface area contributed by atoms with Gasteiger partial charge >= 0.3 is 0 Å². The van der Waals surface area contributed by atoms with E-state index in [0.717, 1.165) is 42.5 Å². The molecule has 0 radical (unpaired) electrons. The number of carbonyl (C=O) groups is 3. The van der Waals surface area contributed by atoms with Crippen LogP contribution in [0, 0.1) is 12.8 Å². The van der Waals surface area contributed by atoms with E-state index < -0.39 is 0 Å². The number of carbonyl (C=O) groups excluding carboxylic acids is 3. The van der Waals surface area contributed by atoms with Crippen LogP contribution in [0.2, 0.25) is 0 Å². The molecule has 8 nitrogen and oxygen atoms in total. The SMILES string of the molecule is CC(=O)Nc1ccc(C(=O)N2CCCC(C(=O)N3CCN(c4cc(C)nc5ccccc45)CC3)C2)cc1. The van der Waals surface area contributed by atoms with Gasteiger partial charge in [0.05, 0.1) is 11.4 Å². The molecule has 5 rings (SSSR count). The van der Waals surface area contributed by atoms with Crippen LogP contribution in [-0.2, 0) is 9.59 Å². The molecule has 8 heteroatoms. The maximum absolute atomic E-state index is 13.4. The van der Waals surface area contributed by atoms with Crippen LogP contribution in [0.1, 0.15) is 35.8 Å². The second kappa shape index (κ2) is 10.6. The number of piperidine rings is 1. The van der Waals surface area contributed by atoms with Gasteiger partial charge in [0.2, 0.25) is 11.8 Å².